The smallest absolute Gasteiger partial charge is 0.361 e. The van der Waals surface area contributed by atoms with Crippen molar-refractivity contribution in [3.8, 4) is 0 Å². The Morgan fingerprint density at radius 2 is 2.05 bits per heavy atom. The summed E-state index contributed by atoms with van der Waals surface area (Å²) in [6, 6.07) is 7.86. The zero-order valence-corrected chi connectivity index (χ0v) is 15.1. The molecule has 1 heterocycles. The number of aromatic nitrogens is 1. The van der Waals surface area contributed by atoms with Crippen molar-refractivity contribution >= 4 is 36.8 Å². The summed E-state index contributed by atoms with van der Waals surface area (Å²) >= 11 is 0. The average molecular weight is 337 g/mol. The van der Waals surface area contributed by atoms with E-state index in [4.69, 9.17) is 4.55 Å². The van der Waals surface area contributed by atoms with Gasteiger partial charge in [-0.1, -0.05) is 18.2 Å². The van der Waals surface area contributed by atoms with E-state index >= 15 is 0 Å². The Hall–Kier alpha value is -0.510. The van der Waals surface area contributed by atoms with Crippen LogP contribution in [0.2, 0.25) is 0 Å². The second-order valence-electron chi connectivity index (χ2n) is 4.15. The van der Waals surface area contributed by atoms with Gasteiger partial charge in [-0.3, -0.25) is 9.35 Å². The minimum absolute atomic E-state index is 0. The Labute approximate surface area is 148 Å². The minimum Gasteiger partial charge on any atom is -0.361 e. The molecule has 0 saturated heterocycles. The summed E-state index contributed by atoms with van der Waals surface area (Å²) in [4.78, 5) is 14.5. The van der Waals surface area contributed by atoms with E-state index in [2.05, 4.69) is 10.3 Å². The average Bonchev–Trinajstić information content (AvgIpc) is 2.79. The van der Waals surface area contributed by atoms with E-state index in [-0.39, 0.29) is 46.1 Å². The van der Waals surface area contributed by atoms with Crippen LogP contribution in [-0.4, -0.2) is 36.2 Å². The number of hydrogen-bond donors (Lipinski definition) is 3. The number of aromatic amines is 1. The largest absolute Gasteiger partial charge is 1.00 e. The zero-order valence-electron chi connectivity index (χ0n) is 11.5. The second kappa shape index (κ2) is 8.21. The molecule has 0 unspecified atom stereocenters. The van der Waals surface area contributed by atoms with Gasteiger partial charge in [-0.25, -0.2) is 0 Å². The summed E-state index contributed by atoms with van der Waals surface area (Å²) in [5, 5.41) is 3.71. The van der Waals surface area contributed by atoms with Crippen LogP contribution in [0.25, 0.3) is 10.9 Å². The molecular weight excluding hydrogens is 323 g/mol. The maximum absolute atomic E-state index is 11.4. The first kappa shape index (κ1) is 18.5. The number of fused-ring (bicyclic) bond motifs is 1. The maximum atomic E-state index is 11.4. The number of hydrogen-bond acceptors (Lipinski definition) is 4. The van der Waals surface area contributed by atoms with Gasteiger partial charge in [0.05, 0.1) is 5.75 Å². The molecule has 2 aromatic rings. The van der Waals surface area contributed by atoms with E-state index in [1.54, 1.807) is 0 Å². The van der Waals surface area contributed by atoms with Crippen molar-refractivity contribution in [2.45, 2.75) is 6.42 Å². The van der Waals surface area contributed by atoms with Crippen molar-refractivity contribution in [2.75, 3.05) is 12.3 Å². The maximum Gasteiger partial charge on any atom is 1.00 e. The van der Waals surface area contributed by atoms with Gasteiger partial charge in [-0.15, -0.1) is 0 Å². The third kappa shape index (κ3) is 6.01. The quantitative estimate of drug-likeness (QED) is 0.334. The Morgan fingerprint density at radius 1 is 1.33 bits per heavy atom. The molecule has 2 rings (SSSR count). The number of nitrogens with one attached hydrogen (secondary N) is 2. The molecule has 0 aliphatic heterocycles. The Morgan fingerprint density at radius 3 is 2.76 bits per heavy atom. The number of rotatable bonds is 6. The van der Waals surface area contributed by atoms with E-state index in [9.17, 15) is 13.2 Å². The molecule has 1 aromatic heterocycles. The number of amides is 1. The van der Waals surface area contributed by atoms with Gasteiger partial charge in [0.25, 0.3) is 0 Å². The van der Waals surface area contributed by atoms with Gasteiger partial charge in [0.15, 0.2) is 0 Å². The molecule has 0 aliphatic rings. The first-order valence-electron chi connectivity index (χ1n) is 5.89. The monoisotopic (exact) mass is 337 g/mol. The molecule has 0 saturated carbocycles. The Kier molecular flexibility index (Phi) is 7.25. The standard InChI is InChI=1S/C12H14N2O4S2.Na/c15-12(8-19-20(16,17)18)13-6-5-9-7-14-11-4-2-1-3-10(9)11;/h1-4,7,14H,5-6,8H2,(H,13,15)(H,16,17,18);/q;+1. The van der Waals surface area contributed by atoms with E-state index < -0.39 is 15.1 Å². The van der Waals surface area contributed by atoms with Gasteiger partial charge in [-0.2, -0.15) is 8.42 Å². The van der Waals surface area contributed by atoms with Crippen LogP contribution in [0.15, 0.2) is 30.5 Å². The predicted octanol–water partition coefficient (Wildman–Crippen LogP) is -1.63. The van der Waals surface area contributed by atoms with Gasteiger partial charge in [0.2, 0.25) is 5.91 Å². The predicted molar refractivity (Wildman–Crippen MR) is 79.0 cm³/mol. The summed E-state index contributed by atoms with van der Waals surface area (Å²) in [7, 11) is -3.96. The third-order valence-electron chi connectivity index (χ3n) is 2.73. The molecule has 108 valence electrons. The van der Waals surface area contributed by atoms with Crippen molar-refractivity contribution in [1.82, 2.24) is 10.3 Å². The molecule has 0 atom stereocenters. The van der Waals surface area contributed by atoms with E-state index in [0.717, 1.165) is 16.5 Å². The van der Waals surface area contributed by atoms with Gasteiger partial charge in [0, 0.05) is 34.4 Å². The molecule has 21 heavy (non-hydrogen) atoms. The summed E-state index contributed by atoms with van der Waals surface area (Å²) in [5.74, 6) is -0.736. The van der Waals surface area contributed by atoms with Gasteiger partial charge in [0.1, 0.15) is 0 Å². The molecule has 1 aromatic carbocycles. The Balaban J connectivity index is 0.00000220. The van der Waals surface area contributed by atoms with Crippen molar-refractivity contribution in [3.05, 3.63) is 36.0 Å². The number of carbonyl (C=O) groups excluding carboxylic acids is 1. The molecule has 9 heteroatoms. The number of benzene rings is 1. The van der Waals surface area contributed by atoms with Crippen molar-refractivity contribution in [1.29, 1.82) is 0 Å². The molecule has 0 radical (unpaired) electrons. The van der Waals surface area contributed by atoms with E-state index in [1.807, 2.05) is 30.5 Å². The summed E-state index contributed by atoms with van der Waals surface area (Å²) in [6.45, 7) is 0.409. The Bertz CT molecular complexity index is 715. The molecule has 6 nitrogen and oxygen atoms in total. The summed E-state index contributed by atoms with van der Waals surface area (Å²) in [5.41, 5.74) is 2.12. The molecule has 0 bridgehead atoms. The molecule has 1 amide bonds. The SMILES string of the molecule is O=C(CSS(=O)(=O)O)NCCc1c[nH]c2ccccc12.[Na+]. The van der Waals surface area contributed by atoms with Crippen LogP contribution >= 0.6 is 10.8 Å². The summed E-state index contributed by atoms with van der Waals surface area (Å²) < 4.78 is 29.5. The van der Waals surface area contributed by atoms with Crippen LogP contribution in [0.1, 0.15) is 5.56 Å². The van der Waals surface area contributed by atoms with E-state index in [1.165, 1.54) is 0 Å². The van der Waals surface area contributed by atoms with Crippen LogP contribution < -0.4 is 34.9 Å². The fraction of sp³-hybridized carbons (Fsp3) is 0.250. The number of para-hydroxylation sites is 1. The van der Waals surface area contributed by atoms with Crippen molar-refractivity contribution in [2.24, 2.45) is 0 Å². The van der Waals surface area contributed by atoms with Crippen LogP contribution in [-0.2, 0) is 20.4 Å². The molecule has 0 aliphatic carbocycles. The van der Waals surface area contributed by atoms with Crippen LogP contribution in [0, 0.1) is 0 Å². The van der Waals surface area contributed by atoms with Crippen LogP contribution in [0.4, 0.5) is 0 Å². The molecule has 0 spiro atoms. The first-order chi connectivity index (χ1) is 9.46. The molecule has 0 fully saturated rings. The van der Waals surface area contributed by atoms with Crippen LogP contribution in [0.5, 0.6) is 0 Å². The fourth-order valence-electron chi connectivity index (χ4n) is 1.85. The van der Waals surface area contributed by atoms with Crippen molar-refractivity contribution in [3.63, 3.8) is 0 Å². The number of carbonyl (C=O) groups is 1. The second-order valence-corrected chi connectivity index (χ2v) is 7.50. The molecular formula is C12H14N2NaO4S2+. The normalized spacial score (nSPS) is 11.1. The summed E-state index contributed by atoms with van der Waals surface area (Å²) in [6.07, 6.45) is 2.54. The van der Waals surface area contributed by atoms with Gasteiger partial charge >= 0.3 is 38.7 Å². The van der Waals surface area contributed by atoms with Crippen molar-refractivity contribution < 1.29 is 47.3 Å². The molecule has 3 N–H and O–H groups in total. The van der Waals surface area contributed by atoms with Gasteiger partial charge in [-0.05, 0) is 18.1 Å². The fourth-order valence-corrected chi connectivity index (χ4v) is 2.98. The topological polar surface area (TPSA) is 99.3 Å². The third-order valence-corrected chi connectivity index (χ3v) is 4.66. The van der Waals surface area contributed by atoms with Crippen LogP contribution in [0.3, 0.4) is 0 Å². The minimum atomic E-state index is -4.17. The zero-order chi connectivity index (χ0) is 14.6. The van der Waals surface area contributed by atoms with E-state index in [0.29, 0.717) is 13.0 Å². The number of H-pyrrole nitrogens is 1. The first-order valence-corrected chi connectivity index (χ1v) is 8.83. The van der Waals surface area contributed by atoms with Gasteiger partial charge < -0.3 is 10.3 Å².